The van der Waals surface area contributed by atoms with Crippen molar-refractivity contribution in [3.63, 3.8) is 0 Å². The maximum absolute atomic E-state index is 11.9. The molecule has 0 fully saturated rings. The molecule has 26 heavy (non-hydrogen) atoms. The standard InChI is InChI=1S/C16H26N2O4S2.C2H6/c1-3-5-7-9-23-15-13(18-8-6-4-2)10-12(16(19)20)11-14(15)24(17,21)22;1-2/h10-11,18H,3-9H2,1-2H3,(H,19,20)(H2,17,21,22);1-2H3. The Morgan fingerprint density at radius 1 is 1.15 bits per heavy atom. The van der Waals surface area contributed by atoms with E-state index < -0.39 is 16.0 Å². The lowest BCUT2D eigenvalue weighted by Gasteiger charge is -2.16. The number of nitrogens with one attached hydrogen (secondary N) is 1. The smallest absolute Gasteiger partial charge is 0.335 e. The van der Waals surface area contributed by atoms with Crippen molar-refractivity contribution >= 4 is 33.4 Å². The number of nitrogens with two attached hydrogens (primary N) is 1. The van der Waals surface area contributed by atoms with Crippen LogP contribution in [0.2, 0.25) is 0 Å². The third kappa shape index (κ3) is 8.42. The summed E-state index contributed by atoms with van der Waals surface area (Å²) in [6.45, 7) is 8.79. The first kappa shape index (κ1) is 24.8. The van der Waals surface area contributed by atoms with Gasteiger partial charge in [-0.15, -0.1) is 11.8 Å². The molecule has 0 radical (unpaired) electrons. The van der Waals surface area contributed by atoms with E-state index in [9.17, 15) is 18.3 Å². The molecule has 0 unspecified atom stereocenters. The van der Waals surface area contributed by atoms with Crippen LogP contribution in [0.4, 0.5) is 5.69 Å². The number of carbonyl (C=O) groups is 1. The fourth-order valence-electron chi connectivity index (χ4n) is 2.14. The number of anilines is 1. The zero-order chi connectivity index (χ0) is 20.2. The van der Waals surface area contributed by atoms with E-state index in [1.807, 2.05) is 20.8 Å². The van der Waals surface area contributed by atoms with Crippen molar-refractivity contribution < 1.29 is 18.3 Å². The summed E-state index contributed by atoms with van der Waals surface area (Å²) in [4.78, 5) is 11.7. The molecule has 8 heteroatoms. The summed E-state index contributed by atoms with van der Waals surface area (Å²) >= 11 is 1.40. The van der Waals surface area contributed by atoms with E-state index in [1.54, 1.807) is 0 Å². The maximum Gasteiger partial charge on any atom is 0.335 e. The van der Waals surface area contributed by atoms with Gasteiger partial charge in [0.15, 0.2) is 0 Å². The van der Waals surface area contributed by atoms with Gasteiger partial charge in [0, 0.05) is 6.54 Å². The Morgan fingerprint density at radius 3 is 2.27 bits per heavy atom. The minimum atomic E-state index is -4.01. The number of rotatable bonds is 11. The summed E-state index contributed by atoms with van der Waals surface area (Å²) < 4.78 is 23.9. The molecular weight excluding hydrogens is 372 g/mol. The van der Waals surface area contributed by atoms with E-state index in [2.05, 4.69) is 12.2 Å². The highest BCUT2D eigenvalue weighted by Crippen LogP contribution is 2.35. The predicted octanol–water partition coefficient (Wildman–Crippen LogP) is 4.55. The van der Waals surface area contributed by atoms with Crippen LogP contribution in [0, 0.1) is 0 Å². The van der Waals surface area contributed by atoms with Crippen molar-refractivity contribution in [1.82, 2.24) is 0 Å². The van der Waals surface area contributed by atoms with Crippen molar-refractivity contribution in [2.45, 2.75) is 69.6 Å². The van der Waals surface area contributed by atoms with Crippen LogP contribution < -0.4 is 10.5 Å². The van der Waals surface area contributed by atoms with Gasteiger partial charge in [-0.1, -0.05) is 47.0 Å². The Labute approximate surface area is 162 Å². The number of aromatic carboxylic acids is 1. The van der Waals surface area contributed by atoms with Crippen molar-refractivity contribution in [2.24, 2.45) is 5.14 Å². The van der Waals surface area contributed by atoms with E-state index in [4.69, 9.17) is 5.14 Å². The second-order valence-electron chi connectivity index (χ2n) is 5.54. The minimum absolute atomic E-state index is 0.0871. The number of carboxylic acid groups (broad SMARTS) is 1. The lowest BCUT2D eigenvalue weighted by molar-refractivity contribution is 0.0696. The SMILES string of the molecule is CC.CCCCCSc1c(NCCCC)cc(C(=O)O)cc1S(N)(=O)=O. The molecular formula is C18H32N2O4S2. The van der Waals surface area contributed by atoms with Crippen molar-refractivity contribution in [2.75, 3.05) is 17.6 Å². The lowest BCUT2D eigenvalue weighted by atomic mass is 10.2. The van der Waals surface area contributed by atoms with E-state index in [1.165, 1.54) is 17.8 Å². The van der Waals surface area contributed by atoms with Crippen LogP contribution >= 0.6 is 11.8 Å². The summed E-state index contributed by atoms with van der Waals surface area (Å²) in [6, 6.07) is 2.62. The van der Waals surface area contributed by atoms with Gasteiger partial charge in [-0.25, -0.2) is 18.4 Å². The molecule has 1 rings (SSSR count). The zero-order valence-electron chi connectivity index (χ0n) is 16.2. The molecule has 0 spiro atoms. The average molecular weight is 405 g/mol. The Morgan fingerprint density at radius 2 is 1.77 bits per heavy atom. The number of sulfonamides is 1. The number of primary sulfonamides is 1. The predicted molar refractivity (Wildman–Crippen MR) is 110 cm³/mol. The number of hydrogen-bond donors (Lipinski definition) is 3. The molecule has 0 aliphatic carbocycles. The van der Waals surface area contributed by atoms with Crippen LogP contribution in [0.25, 0.3) is 0 Å². The molecule has 0 bridgehead atoms. The lowest BCUT2D eigenvalue weighted by Crippen LogP contribution is -2.16. The van der Waals surface area contributed by atoms with Gasteiger partial charge in [0.2, 0.25) is 10.0 Å². The van der Waals surface area contributed by atoms with Crippen molar-refractivity contribution in [3.05, 3.63) is 17.7 Å². The third-order valence-corrected chi connectivity index (χ3v) is 5.73. The van der Waals surface area contributed by atoms with Crippen LogP contribution in [-0.4, -0.2) is 31.8 Å². The Kier molecular flexibility index (Phi) is 12.4. The molecule has 0 saturated heterocycles. The molecule has 1 aromatic carbocycles. The fraction of sp³-hybridized carbons (Fsp3) is 0.611. The van der Waals surface area contributed by atoms with Gasteiger partial charge in [-0.2, -0.15) is 0 Å². The molecule has 0 saturated carbocycles. The number of thioether (sulfide) groups is 1. The van der Waals surface area contributed by atoms with E-state index >= 15 is 0 Å². The second kappa shape index (κ2) is 13.0. The molecule has 0 aliphatic heterocycles. The molecule has 0 aliphatic rings. The first-order valence-electron chi connectivity index (χ1n) is 9.12. The molecule has 0 aromatic heterocycles. The van der Waals surface area contributed by atoms with Gasteiger partial charge in [0.25, 0.3) is 0 Å². The average Bonchev–Trinajstić information content (AvgIpc) is 2.60. The zero-order valence-corrected chi connectivity index (χ0v) is 17.8. The van der Waals surface area contributed by atoms with Gasteiger partial charge in [-0.05, 0) is 30.7 Å². The van der Waals surface area contributed by atoms with Gasteiger partial charge in [-0.3, -0.25) is 0 Å². The van der Waals surface area contributed by atoms with Gasteiger partial charge in [0.05, 0.1) is 21.0 Å². The summed E-state index contributed by atoms with van der Waals surface area (Å²) in [5.74, 6) is -0.424. The molecule has 0 heterocycles. The van der Waals surface area contributed by atoms with Crippen LogP contribution in [0.3, 0.4) is 0 Å². The summed E-state index contributed by atoms with van der Waals surface area (Å²) in [7, 11) is -4.01. The Hall–Kier alpha value is -1.25. The van der Waals surface area contributed by atoms with Gasteiger partial charge in [0.1, 0.15) is 0 Å². The number of hydrogen-bond acceptors (Lipinski definition) is 5. The molecule has 4 N–H and O–H groups in total. The molecule has 0 amide bonds. The van der Waals surface area contributed by atoms with Gasteiger partial charge >= 0.3 is 5.97 Å². The van der Waals surface area contributed by atoms with E-state index in [0.29, 0.717) is 17.1 Å². The Balaban J connectivity index is 0.00000301. The number of carboxylic acids is 1. The van der Waals surface area contributed by atoms with Crippen LogP contribution in [0.1, 0.15) is 70.2 Å². The maximum atomic E-state index is 11.9. The highest BCUT2D eigenvalue weighted by molar-refractivity contribution is 8.00. The molecule has 150 valence electrons. The van der Waals surface area contributed by atoms with Crippen LogP contribution in [0.15, 0.2) is 21.9 Å². The van der Waals surface area contributed by atoms with Gasteiger partial charge < -0.3 is 10.4 Å². The van der Waals surface area contributed by atoms with Crippen molar-refractivity contribution in [1.29, 1.82) is 0 Å². The largest absolute Gasteiger partial charge is 0.478 e. The summed E-state index contributed by atoms with van der Waals surface area (Å²) in [5, 5.41) is 17.7. The van der Waals surface area contributed by atoms with E-state index in [0.717, 1.165) is 43.9 Å². The Bertz CT molecular complexity index is 661. The highest BCUT2D eigenvalue weighted by atomic mass is 32.2. The topological polar surface area (TPSA) is 109 Å². The molecule has 0 atom stereocenters. The summed E-state index contributed by atoms with van der Waals surface area (Å²) in [6.07, 6.45) is 4.97. The highest BCUT2D eigenvalue weighted by Gasteiger charge is 2.21. The first-order chi connectivity index (χ1) is 12.3. The third-order valence-electron chi connectivity index (χ3n) is 3.45. The monoisotopic (exact) mass is 404 g/mol. The van der Waals surface area contributed by atoms with E-state index in [-0.39, 0.29) is 10.5 Å². The number of benzene rings is 1. The first-order valence-corrected chi connectivity index (χ1v) is 11.6. The molecule has 1 aromatic rings. The van der Waals surface area contributed by atoms with Crippen LogP contribution in [0.5, 0.6) is 0 Å². The number of unbranched alkanes of at least 4 members (excludes halogenated alkanes) is 3. The minimum Gasteiger partial charge on any atom is -0.478 e. The summed E-state index contributed by atoms with van der Waals surface area (Å²) in [5.41, 5.74) is 0.435. The second-order valence-corrected chi connectivity index (χ2v) is 8.17. The quantitative estimate of drug-likeness (QED) is 0.369. The van der Waals surface area contributed by atoms with Crippen molar-refractivity contribution in [3.8, 4) is 0 Å². The van der Waals surface area contributed by atoms with Crippen LogP contribution in [-0.2, 0) is 10.0 Å². The molecule has 6 nitrogen and oxygen atoms in total. The normalized spacial score (nSPS) is 10.8. The fourth-order valence-corrected chi connectivity index (χ4v) is 4.37.